The average Bonchev–Trinajstić information content (AvgIpc) is 3.22. The highest BCUT2D eigenvalue weighted by Gasteiger charge is 2.33. The Bertz CT molecular complexity index is 1060. The molecule has 3 heterocycles. The molecule has 4 rings (SSSR count). The lowest BCUT2D eigenvalue weighted by atomic mass is 10.1. The summed E-state index contributed by atoms with van der Waals surface area (Å²) in [7, 11) is 0. The van der Waals surface area contributed by atoms with Crippen LogP contribution in [0.5, 0.6) is 0 Å². The van der Waals surface area contributed by atoms with Crippen molar-refractivity contribution < 1.29 is 18.0 Å². The first kappa shape index (κ1) is 21.1. The molecule has 0 N–H and O–H groups in total. The van der Waals surface area contributed by atoms with E-state index in [2.05, 4.69) is 15.3 Å². The van der Waals surface area contributed by atoms with E-state index in [0.29, 0.717) is 31.2 Å². The predicted molar refractivity (Wildman–Crippen MR) is 108 cm³/mol. The minimum atomic E-state index is -4.46. The lowest BCUT2D eigenvalue weighted by Crippen LogP contribution is -2.49. The van der Waals surface area contributed by atoms with E-state index in [0.717, 1.165) is 11.9 Å². The van der Waals surface area contributed by atoms with E-state index in [1.54, 1.807) is 17.2 Å². The highest BCUT2D eigenvalue weighted by molar-refractivity contribution is 6.30. The Labute approximate surface area is 181 Å². The third kappa shape index (κ3) is 4.79. The van der Waals surface area contributed by atoms with Crippen molar-refractivity contribution in [2.75, 3.05) is 31.1 Å². The summed E-state index contributed by atoms with van der Waals surface area (Å²) >= 11 is 5.86. The van der Waals surface area contributed by atoms with E-state index in [-0.39, 0.29) is 23.7 Å². The van der Waals surface area contributed by atoms with Crippen molar-refractivity contribution in [3.05, 3.63) is 70.6 Å². The monoisotopic (exact) mass is 450 g/mol. The molecule has 0 saturated carbocycles. The largest absolute Gasteiger partial charge is 0.416 e. The van der Waals surface area contributed by atoms with Crippen LogP contribution in [0.2, 0.25) is 5.02 Å². The first-order chi connectivity index (χ1) is 14.8. The molecule has 0 radical (unpaired) electrons. The molecule has 7 nitrogen and oxygen atoms in total. The number of nitrogens with zero attached hydrogens (tertiary/aromatic N) is 6. The van der Waals surface area contributed by atoms with Gasteiger partial charge in [0.25, 0.3) is 5.91 Å². The molecule has 1 aromatic carbocycles. The van der Waals surface area contributed by atoms with Crippen LogP contribution in [0.15, 0.2) is 48.8 Å². The molecule has 3 aromatic rings. The maximum absolute atomic E-state index is 13.2. The molecule has 1 aliphatic rings. The molecule has 1 amide bonds. The topological polar surface area (TPSA) is 67.2 Å². The Morgan fingerprint density at radius 2 is 1.81 bits per heavy atom. The number of hydrogen-bond acceptors (Lipinski definition) is 5. The van der Waals surface area contributed by atoms with Crippen LogP contribution in [-0.4, -0.2) is 57.0 Å². The second-order valence-corrected chi connectivity index (χ2v) is 7.51. The van der Waals surface area contributed by atoms with Crippen LogP contribution < -0.4 is 4.90 Å². The van der Waals surface area contributed by atoms with Crippen molar-refractivity contribution in [2.45, 2.75) is 12.7 Å². The number of halogens is 4. The van der Waals surface area contributed by atoms with Gasteiger partial charge < -0.3 is 9.80 Å². The zero-order chi connectivity index (χ0) is 22.0. The van der Waals surface area contributed by atoms with Crippen LogP contribution in [0.3, 0.4) is 0 Å². The maximum Gasteiger partial charge on any atom is 0.416 e. The summed E-state index contributed by atoms with van der Waals surface area (Å²) in [5, 5.41) is 8.26. The van der Waals surface area contributed by atoms with Gasteiger partial charge in [0.1, 0.15) is 5.82 Å². The molecule has 1 fully saturated rings. The van der Waals surface area contributed by atoms with Gasteiger partial charge in [-0.15, -0.1) is 5.10 Å². The SMILES string of the molecule is O=C(c1cn(Cc2ccccc2C(F)(F)F)nn1)N1CCN(c2ccc(Cl)cn2)CC1. The van der Waals surface area contributed by atoms with Crippen molar-refractivity contribution in [3.63, 3.8) is 0 Å². The normalized spacial score (nSPS) is 14.7. The van der Waals surface area contributed by atoms with E-state index >= 15 is 0 Å². The fourth-order valence-corrected chi connectivity index (χ4v) is 3.55. The van der Waals surface area contributed by atoms with Crippen LogP contribution in [0.25, 0.3) is 0 Å². The predicted octanol–water partition coefficient (Wildman–Crippen LogP) is 3.36. The third-order valence-corrected chi connectivity index (χ3v) is 5.24. The molecule has 0 aliphatic carbocycles. The van der Waals surface area contributed by atoms with E-state index < -0.39 is 11.7 Å². The van der Waals surface area contributed by atoms with Gasteiger partial charge in [0, 0.05) is 32.4 Å². The molecular weight excluding hydrogens is 433 g/mol. The Morgan fingerprint density at radius 1 is 1.06 bits per heavy atom. The second kappa shape index (κ2) is 8.54. The van der Waals surface area contributed by atoms with Gasteiger partial charge in [0.15, 0.2) is 5.69 Å². The number of alkyl halides is 3. The minimum Gasteiger partial charge on any atom is -0.353 e. The van der Waals surface area contributed by atoms with Gasteiger partial charge in [0.2, 0.25) is 0 Å². The van der Waals surface area contributed by atoms with Crippen molar-refractivity contribution in [1.29, 1.82) is 0 Å². The van der Waals surface area contributed by atoms with E-state index in [1.807, 2.05) is 11.0 Å². The van der Waals surface area contributed by atoms with Gasteiger partial charge in [-0.25, -0.2) is 9.67 Å². The van der Waals surface area contributed by atoms with Crippen LogP contribution in [-0.2, 0) is 12.7 Å². The highest BCUT2D eigenvalue weighted by Crippen LogP contribution is 2.32. The number of carbonyl (C=O) groups is 1. The number of amides is 1. The smallest absolute Gasteiger partial charge is 0.353 e. The Balaban J connectivity index is 1.40. The molecule has 2 aromatic heterocycles. The van der Waals surface area contributed by atoms with Crippen LogP contribution in [0.4, 0.5) is 19.0 Å². The molecule has 1 saturated heterocycles. The summed E-state index contributed by atoms with van der Waals surface area (Å²) in [5.41, 5.74) is -0.573. The summed E-state index contributed by atoms with van der Waals surface area (Å²) in [6.45, 7) is 1.98. The number of rotatable bonds is 4. The van der Waals surface area contributed by atoms with E-state index in [9.17, 15) is 18.0 Å². The lowest BCUT2D eigenvalue weighted by molar-refractivity contribution is -0.138. The molecule has 1 aliphatic heterocycles. The summed E-state index contributed by atoms with van der Waals surface area (Å²) in [5.74, 6) is 0.477. The average molecular weight is 451 g/mol. The van der Waals surface area contributed by atoms with Crippen LogP contribution >= 0.6 is 11.6 Å². The van der Waals surface area contributed by atoms with Gasteiger partial charge in [-0.3, -0.25) is 4.79 Å². The zero-order valence-electron chi connectivity index (χ0n) is 16.3. The molecule has 162 valence electrons. The van der Waals surface area contributed by atoms with Crippen LogP contribution in [0.1, 0.15) is 21.6 Å². The van der Waals surface area contributed by atoms with Crippen molar-refractivity contribution in [2.24, 2.45) is 0 Å². The van der Waals surface area contributed by atoms with Crippen LogP contribution in [0, 0.1) is 0 Å². The fraction of sp³-hybridized carbons (Fsp3) is 0.300. The van der Waals surface area contributed by atoms with Gasteiger partial charge in [0.05, 0.1) is 23.3 Å². The quantitative estimate of drug-likeness (QED) is 0.610. The molecule has 0 atom stereocenters. The Hall–Kier alpha value is -3.14. The van der Waals surface area contributed by atoms with E-state index in [4.69, 9.17) is 11.6 Å². The standard InChI is InChI=1S/C20H18ClF3N6O/c21-15-5-6-18(25-11-15)28-7-9-29(10-8-28)19(31)17-13-30(27-26-17)12-14-3-1-2-4-16(14)20(22,23)24/h1-6,11,13H,7-10,12H2. The number of carbonyl (C=O) groups excluding carboxylic acids is 1. The maximum atomic E-state index is 13.2. The fourth-order valence-electron chi connectivity index (χ4n) is 3.44. The number of piperazine rings is 1. The number of anilines is 1. The number of hydrogen-bond donors (Lipinski definition) is 0. The summed E-state index contributed by atoms with van der Waals surface area (Å²) in [6, 6.07) is 8.86. The number of benzene rings is 1. The molecule has 0 spiro atoms. The highest BCUT2D eigenvalue weighted by atomic mass is 35.5. The molecular formula is C20H18ClF3N6O. The summed E-state index contributed by atoms with van der Waals surface area (Å²) < 4.78 is 40.8. The first-order valence-corrected chi connectivity index (χ1v) is 9.90. The van der Waals surface area contributed by atoms with Crippen molar-refractivity contribution in [1.82, 2.24) is 24.9 Å². The lowest BCUT2D eigenvalue weighted by Gasteiger charge is -2.35. The Morgan fingerprint density at radius 3 is 2.48 bits per heavy atom. The molecule has 0 unspecified atom stereocenters. The summed E-state index contributed by atoms with van der Waals surface area (Å²) in [4.78, 5) is 20.7. The Kier molecular flexibility index (Phi) is 5.81. The zero-order valence-corrected chi connectivity index (χ0v) is 17.0. The molecule has 31 heavy (non-hydrogen) atoms. The first-order valence-electron chi connectivity index (χ1n) is 9.52. The molecule has 11 heteroatoms. The minimum absolute atomic E-state index is 0.0583. The number of aromatic nitrogens is 4. The molecule has 0 bridgehead atoms. The van der Waals surface area contributed by atoms with Crippen molar-refractivity contribution in [3.8, 4) is 0 Å². The number of pyridine rings is 1. The third-order valence-electron chi connectivity index (χ3n) is 5.02. The van der Waals surface area contributed by atoms with Gasteiger partial charge in [-0.1, -0.05) is 35.0 Å². The van der Waals surface area contributed by atoms with Gasteiger partial charge in [-0.2, -0.15) is 13.2 Å². The van der Waals surface area contributed by atoms with E-state index in [1.165, 1.54) is 29.1 Å². The second-order valence-electron chi connectivity index (χ2n) is 7.07. The van der Waals surface area contributed by atoms with Gasteiger partial charge >= 0.3 is 6.18 Å². The van der Waals surface area contributed by atoms with Gasteiger partial charge in [-0.05, 0) is 23.8 Å². The summed E-state index contributed by atoms with van der Waals surface area (Å²) in [6.07, 6.45) is -1.51. The van der Waals surface area contributed by atoms with Crippen molar-refractivity contribution >= 4 is 23.3 Å².